The maximum atomic E-state index is 11.2. The number of aliphatic hydroxyl groups excluding tert-OH is 2. The molecule has 0 unspecified atom stereocenters. The van der Waals surface area contributed by atoms with Gasteiger partial charge in [0.15, 0.2) is 0 Å². The Labute approximate surface area is 170 Å². The standard InChI is InChI=1S/C24H40O4/c1-14(4-7-21(27)28)17-5-6-18-22-19(9-11-24(17,18)3)23(2)10-8-16(25)12-15(23)13-20(22)26/h14-20,22,25-26H,4-13H2,1-3H3,(H,27,28)/p-1/t14-,15-,16+,17+,18-,19-,20+,22+,23+,24-/m1/s1. The van der Waals surface area contributed by atoms with Gasteiger partial charge in [-0.25, -0.2) is 0 Å². The van der Waals surface area contributed by atoms with Crippen molar-refractivity contribution >= 4 is 5.97 Å². The Morgan fingerprint density at radius 2 is 1.71 bits per heavy atom. The number of hydrogen-bond donors (Lipinski definition) is 2. The molecule has 4 saturated carbocycles. The monoisotopic (exact) mass is 391 g/mol. The third-order valence-corrected chi connectivity index (χ3v) is 10.2. The molecule has 0 aromatic carbocycles. The highest BCUT2D eigenvalue weighted by Gasteiger charge is 2.62. The van der Waals surface area contributed by atoms with E-state index < -0.39 is 5.97 Å². The zero-order chi connectivity index (χ0) is 20.3. The summed E-state index contributed by atoms with van der Waals surface area (Å²) in [5.74, 6) is 1.99. The number of hydrogen-bond acceptors (Lipinski definition) is 4. The Hall–Kier alpha value is -0.610. The summed E-state index contributed by atoms with van der Waals surface area (Å²) in [5, 5.41) is 32.4. The molecule has 0 bridgehead atoms. The Kier molecular flexibility index (Phi) is 5.36. The minimum atomic E-state index is -0.934. The molecule has 4 rings (SSSR count). The second-order valence-electron chi connectivity index (χ2n) is 11.3. The quantitative estimate of drug-likeness (QED) is 0.771. The number of fused-ring (bicyclic) bond motifs is 5. The molecular formula is C24H39O4-. The number of carboxylic acids is 1. The molecule has 0 radical (unpaired) electrons. The third-order valence-electron chi connectivity index (χ3n) is 10.2. The van der Waals surface area contributed by atoms with E-state index in [9.17, 15) is 20.1 Å². The van der Waals surface area contributed by atoms with Gasteiger partial charge < -0.3 is 20.1 Å². The van der Waals surface area contributed by atoms with Crippen LogP contribution in [0.3, 0.4) is 0 Å². The van der Waals surface area contributed by atoms with Crippen LogP contribution >= 0.6 is 0 Å². The third kappa shape index (κ3) is 3.14. The van der Waals surface area contributed by atoms with Gasteiger partial charge >= 0.3 is 0 Å². The molecule has 0 aromatic heterocycles. The molecular weight excluding hydrogens is 352 g/mol. The first kappa shape index (κ1) is 20.7. The summed E-state index contributed by atoms with van der Waals surface area (Å²) < 4.78 is 0. The highest BCUT2D eigenvalue weighted by molar-refractivity contribution is 5.64. The SMILES string of the molecule is C[C@H](CCC(=O)[O-])[C@@H]1CC[C@@H]2[C@H]3[C@@H](CC[C@@]21C)[C@@]1(C)CC[C@H](O)C[C@@H]1C[C@@H]3O. The normalized spacial score (nSPS) is 51.7. The molecule has 4 aliphatic carbocycles. The summed E-state index contributed by atoms with van der Waals surface area (Å²) in [7, 11) is 0. The molecule has 0 spiro atoms. The van der Waals surface area contributed by atoms with Gasteiger partial charge in [0, 0.05) is 5.97 Å². The van der Waals surface area contributed by atoms with Crippen LogP contribution in [0.4, 0.5) is 0 Å². The molecule has 0 heterocycles. The molecule has 0 aliphatic heterocycles. The highest BCUT2D eigenvalue weighted by atomic mass is 16.4. The van der Waals surface area contributed by atoms with E-state index in [4.69, 9.17) is 0 Å². The Morgan fingerprint density at radius 1 is 1.04 bits per heavy atom. The maximum absolute atomic E-state index is 11.2. The minimum absolute atomic E-state index is 0.162. The van der Waals surface area contributed by atoms with Crippen molar-refractivity contribution in [3.8, 4) is 0 Å². The Morgan fingerprint density at radius 3 is 2.43 bits per heavy atom. The van der Waals surface area contributed by atoms with Gasteiger partial charge in [-0.1, -0.05) is 20.8 Å². The van der Waals surface area contributed by atoms with E-state index in [0.717, 1.165) is 25.7 Å². The van der Waals surface area contributed by atoms with Crippen LogP contribution in [0.2, 0.25) is 0 Å². The van der Waals surface area contributed by atoms with Crippen molar-refractivity contribution in [2.45, 2.75) is 97.2 Å². The van der Waals surface area contributed by atoms with Crippen molar-refractivity contribution in [3.63, 3.8) is 0 Å². The fourth-order valence-corrected chi connectivity index (χ4v) is 8.72. The van der Waals surface area contributed by atoms with Crippen molar-refractivity contribution in [1.82, 2.24) is 0 Å². The van der Waals surface area contributed by atoms with E-state index in [1.807, 2.05) is 0 Å². The first-order chi connectivity index (χ1) is 13.2. The predicted octanol–water partition coefficient (Wildman–Crippen LogP) is 3.14. The fourth-order valence-electron chi connectivity index (χ4n) is 8.72. The van der Waals surface area contributed by atoms with Gasteiger partial charge in [0.2, 0.25) is 0 Å². The van der Waals surface area contributed by atoms with Crippen LogP contribution in [0.25, 0.3) is 0 Å². The molecule has 0 amide bonds. The Bertz CT molecular complexity index is 605. The summed E-state index contributed by atoms with van der Waals surface area (Å²) in [6.45, 7) is 7.11. The molecule has 0 saturated heterocycles. The number of aliphatic hydroxyl groups is 2. The van der Waals surface area contributed by atoms with Crippen LogP contribution in [0.5, 0.6) is 0 Å². The van der Waals surface area contributed by atoms with Gasteiger partial charge in [-0.15, -0.1) is 0 Å². The van der Waals surface area contributed by atoms with E-state index >= 15 is 0 Å². The molecule has 0 aromatic rings. The lowest BCUT2D eigenvalue weighted by molar-refractivity contribution is -0.306. The van der Waals surface area contributed by atoms with Crippen molar-refractivity contribution < 1.29 is 20.1 Å². The zero-order valence-corrected chi connectivity index (χ0v) is 17.9. The molecule has 4 heteroatoms. The summed E-state index contributed by atoms with van der Waals surface area (Å²) in [6, 6.07) is 0. The average molecular weight is 392 g/mol. The molecule has 4 aliphatic rings. The van der Waals surface area contributed by atoms with Crippen LogP contribution in [0.1, 0.15) is 85.0 Å². The van der Waals surface area contributed by atoms with E-state index in [1.54, 1.807) is 0 Å². The van der Waals surface area contributed by atoms with Crippen LogP contribution in [-0.2, 0) is 4.79 Å². The lowest BCUT2D eigenvalue weighted by Crippen LogP contribution is -2.58. The highest BCUT2D eigenvalue weighted by Crippen LogP contribution is 2.68. The van der Waals surface area contributed by atoms with E-state index in [2.05, 4.69) is 20.8 Å². The topological polar surface area (TPSA) is 80.6 Å². The lowest BCUT2D eigenvalue weighted by Gasteiger charge is -2.62. The summed E-state index contributed by atoms with van der Waals surface area (Å²) in [5.41, 5.74) is 0.494. The molecule has 28 heavy (non-hydrogen) atoms. The largest absolute Gasteiger partial charge is 0.550 e. The van der Waals surface area contributed by atoms with Crippen molar-refractivity contribution in [1.29, 1.82) is 0 Å². The second-order valence-corrected chi connectivity index (χ2v) is 11.3. The molecule has 4 nitrogen and oxygen atoms in total. The summed E-state index contributed by atoms with van der Waals surface area (Å²) in [6.07, 6.45) is 8.91. The smallest absolute Gasteiger partial charge is 0.0577 e. The number of carbonyl (C=O) groups is 1. The number of aliphatic carboxylic acids is 1. The Balaban J connectivity index is 1.55. The van der Waals surface area contributed by atoms with E-state index in [1.165, 1.54) is 25.7 Å². The molecule has 2 N–H and O–H groups in total. The predicted molar refractivity (Wildman–Crippen MR) is 106 cm³/mol. The van der Waals surface area contributed by atoms with E-state index in [-0.39, 0.29) is 29.5 Å². The molecule has 4 fully saturated rings. The van der Waals surface area contributed by atoms with Crippen molar-refractivity contribution in [3.05, 3.63) is 0 Å². The van der Waals surface area contributed by atoms with E-state index in [0.29, 0.717) is 41.9 Å². The average Bonchev–Trinajstić information content (AvgIpc) is 2.98. The number of carbonyl (C=O) groups excluding carboxylic acids is 1. The van der Waals surface area contributed by atoms with Gasteiger partial charge in [-0.05, 0) is 111 Å². The van der Waals surface area contributed by atoms with Gasteiger partial charge in [0.05, 0.1) is 12.2 Å². The number of carboxylic acid groups (broad SMARTS) is 1. The van der Waals surface area contributed by atoms with Gasteiger partial charge in [-0.2, -0.15) is 0 Å². The first-order valence-electron chi connectivity index (χ1n) is 11.7. The summed E-state index contributed by atoms with van der Waals surface area (Å²) in [4.78, 5) is 10.9. The van der Waals surface area contributed by atoms with Gasteiger partial charge in [0.25, 0.3) is 0 Å². The van der Waals surface area contributed by atoms with Crippen LogP contribution in [0, 0.1) is 46.3 Å². The van der Waals surface area contributed by atoms with Gasteiger partial charge in [-0.3, -0.25) is 0 Å². The number of rotatable bonds is 4. The molecule has 160 valence electrons. The van der Waals surface area contributed by atoms with Crippen LogP contribution in [0.15, 0.2) is 0 Å². The second kappa shape index (κ2) is 7.27. The lowest BCUT2D eigenvalue weighted by atomic mass is 9.43. The van der Waals surface area contributed by atoms with Crippen molar-refractivity contribution in [2.75, 3.05) is 0 Å². The first-order valence-corrected chi connectivity index (χ1v) is 11.7. The maximum Gasteiger partial charge on any atom is 0.0577 e. The van der Waals surface area contributed by atoms with Crippen LogP contribution in [-0.4, -0.2) is 28.4 Å². The van der Waals surface area contributed by atoms with Gasteiger partial charge in [0.1, 0.15) is 0 Å². The molecule has 10 atom stereocenters. The summed E-state index contributed by atoms with van der Waals surface area (Å²) >= 11 is 0. The fraction of sp³-hybridized carbons (Fsp3) is 0.958. The van der Waals surface area contributed by atoms with Crippen molar-refractivity contribution in [2.24, 2.45) is 46.3 Å². The minimum Gasteiger partial charge on any atom is -0.550 e. The zero-order valence-electron chi connectivity index (χ0n) is 17.9. The van der Waals surface area contributed by atoms with Crippen LogP contribution < -0.4 is 5.11 Å².